The number of nitrogens with zero attached hydrogens (tertiary/aromatic N) is 1. The van der Waals surface area contributed by atoms with Gasteiger partial charge in [-0.25, -0.2) is 0 Å². The zero-order chi connectivity index (χ0) is 44.1. The lowest BCUT2D eigenvalue weighted by atomic mass is 9.43. The number of rotatable bonds is 20. The summed E-state index contributed by atoms with van der Waals surface area (Å²) in [6.45, 7) is 3.62. The molecule has 15 N–H and O–H groups in total. The monoisotopic (exact) mass is 849 g/mol. The molecule has 0 heterocycles. The van der Waals surface area contributed by atoms with Crippen LogP contribution in [0, 0.1) is 46.3 Å². The highest BCUT2D eigenvalue weighted by Gasteiger charge is 2.65. The van der Waals surface area contributed by atoms with Gasteiger partial charge in [0.1, 0.15) is 36.6 Å². The van der Waals surface area contributed by atoms with Gasteiger partial charge in [-0.1, -0.05) is 20.8 Å². The number of fused-ring (bicyclic) bond motifs is 5. The topological polar surface area (TPSA) is 342 Å². The molecule has 0 aromatic heterocycles. The van der Waals surface area contributed by atoms with Crippen LogP contribution >= 0.6 is 0 Å². The van der Waals surface area contributed by atoms with Crippen LogP contribution in [0.1, 0.15) is 78.6 Å². The summed E-state index contributed by atoms with van der Waals surface area (Å²) in [5, 5.41) is 136. The first-order chi connectivity index (χ1) is 27.6. The van der Waals surface area contributed by atoms with Gasteiger partial charge in [0.25, 0.3) is 11.8 Å². The average Bonchev–Trinajstić information content (AvgIpc) is 3.58. The Labute approximate surface area is 345 Å². The van der Waals surface area contributed by atoms with Gasteiger partial charge in [-0.05, 0) is 97.7 Å². The second-order valence-corrected chi connectivity index (χ2v) is 18.4. The van der Waals surface area contributed by atoms with Crippen molar-refractivity contribution in [3.63, 3.8) is 0 Å². The first-order valence-electron chi connectivity index (χ1n) is 21.2. The number of hydrogen-bond acceptors (Lipinski definition) is 16. The summed E-state index contributed by atoms with van der Waals surface area (Å²) in [5.41, 5.74) is -0.582. The summed E-state index contributed by atoms with van der Waals surface area (Å²) >= 11 is 0. The maximum Gasteiger partial charge on any atom is 0.251 e. The Morgan fingerprint density at radius 3 is 1.75 bits per heavy atom. The molecule has 4 saturated carbocycles. The Hall–Kier alpha value is -2.11. The molecule has 342 valence electrons. The SMILES string of the molecule is C[C@H](CCC(=O)N(CCNC(=O)[C@H](O)[C@H](O)[C@H](O)[C@H](O)CO)CCNC(=O)[C@H](O)[C@H](O)[C@H](O)[C@H](O)CO)[C@H]1CC[C@H]2[C@@H]3[C@H](O)C[C@@H]4C[C@H](O)CC[C@]4(C)[C@H]3C[C@H](O)[C@]12C. The first kappa shape index (κ1) is 49.5. The minimum atomic E-state index is -2.21. The number of aliphatic hydroxyl groups is 13. The smallest absolute Gasteiger partial charge is 0.251 e. The minimum absolute atomic E-state index is 0.0184. The zero-order valence-electron chi connectivity index (χ0n) is 34.4. The average molecular weight is 850 g/mol. The molecule has 4 rings (SSSR count). The van der Waals surface area contributed by atoms with Crippen molar-refractivity contribution in [2.75, 3.05) is 39.4 Å². The third kappa shape index (κ3) is 10.6. The molecule has 0 aromatic carbocycles. The van der Waals surface area contributed by atoms with E-state index in [1.807, 2.05) is 6.92 Å². The van der Waals surface area contributed by atoms with Crippen LogP contribution in [0.4, 0.5) is 0 Å². The van der Waals surface area contributed by atoms with Crippen LogP contribution in [0.15, 0.2) is 0 Å². The van der Waals surface area contributed by atoms with E-state index < -0.39 is 97.4 Å². The molecule has 0 aromatic rings. The van der Waals surface area contributed by atoms with E-state index in [-0.39, 0.29) is 79.6 Å². The predicted octanol–water partition coefficient (Wildman–Crippen LogP) is -4.70. The van der Waals surface area contributed by atoms with Gasteiger partial charge in [0.2, 0.25) is 5.91 Å². The fourth-order valence-electron chi connectivity index (χ4n) is 11.4. The van der Waals surface area contributed by atoms with Crippen LogP contribution in [0.25, 0.3) is 0 Å². The van der Waals surface area contributed by atoms with Gasteiger partial charge < -0.3 is 81.9 Å². The van der Waals surface area contributed by atoms with Crippen LogP contribution in [-0.2, 0) is 14.4 Å². The summed E-state index contributed by atoms with van der Waals surface area (Å²) < 4.78 is 0. The maximum absolute atomic E-state index is 13.8. The fraction of sp³-hybridized carbons (Fsp3) is 0.925. The molecule has 4 aliphatic carbocycles. The van der Waals surface area contributed by atoms with Crippen molar-refractivity contribution in [2.24, 2.45) is 46.3 Å². The largest absolute Gasteiger partial charge is 0.394 e. The van der Waals surface area contributed by atoms with Crippen molar-refractivity contribution in [2.45, 2.75) is 146 Å². The summed E-state index contributed by atoms with van der Waals surface area (Å²) in [7, 11) is 0. The van der Waals surface area contributed by atoms with Gasteiger partial charge >= 0.3 is 0 Å². The van der Waals surface area contributed by atoms with Crippen LogP contribution in [0.3, 0.4) is 0 Å². The normalized spacial score (nSPS) is 36.3. The third-order valence-electron chi connectivity index (χ3n) is 15.1. The van der Waals surface area contributed by atoms with E-state index in [1.54, 1.807) is 0 Å². The fourth-order valence-corrected chi connectivity index (χ4v) is 11.4. The molecule has 0 bridgehead atoms. The summed E-state index contributed by atoms with van der Waals surface area (Å²) in [4.78, 5) is 40.2. The van der Waals surface area contributed by atoms with Gasteiger partial charge in [-0.2, -0.15) is 0 Å². The van der Waals surface area contributed by atoms with Crippen molar-refractivity contribution in [1.29, 1.82) is 0 Å². The van der Waals surface area contributed by atoms with E-state index in [0.29, 0.717) is 32.1 Å². The van der Waals surface area contributed by atoms with Crippen molar-refractivity contribution >= 4 is 17.7 Å². The second kappa shape index (κ2) is 20.8. The lowest BCUT2D eigenvalue weighted by Crippen LogP contribution is -2.62. The van der Waals surface area contributed by atoms with E-state index >= 15 is 0 Å². The molecular formula is C40H71N3O16. The lowest BCUT2D eigenvalue weighted by Gasteiger charge is -2.63. The first-order valence-corrected chi connectivity index (χ1v) is 21.2. The van der Waals surface area contributed by atoms with Crippen LogP contribution in [0.5, 0.6) is 0 Å². The highest BCUT2D eigenvalue weighted by atomic mass is 16.4. The minimum Gasteiger partial charge on any atom is -0.394 e. The third-order valence-corrected chi connectivity index (χ3v) is 15.1. The molecule has 3 amide bonds. The summed E-state index contributed by atoms with van der Waals surface area (Å²) in [6.07, 6.45) is -12.5. The van der Waals surface area contributed by atoms with Gasteiger partial charge in [-0.3, -0.25) is 14.4 Å². The highest BCUT2D eigenvalue weighted by molar-refractivity contribution is 5.82. The molecule has 19 heteroatoms. The van der Waals surface area contributed by atoms with Crippen molar-refractivity contribution < 1.29 is 80.8 Å². The van der Waals surface area contributed by atoms with E-state index in [0.717, 1.165) is 19.3 Å². The van der Waals surface area contributed by atoms with E-state index in [9.17, 15) is 70.6 Å². The van der Waals surface area contributed by atoms with E-state index in [2.05, 4.69) is 24.5 Å². The van der Waals surface area contributed by atoms with E-state index in [1.165, 1.54) is 4.90 Å². The number of amides is 3. The highest BCUT2D eigenvalue weighted by Crippen LogP contribution is 2.68. The van der Waals surface area contributed by atoms with Gasteiger partial charge in [0.15, 0.2) is 12.2 Å². The van der Waals surface area contributed by atoms with Crippen molar-refractivity contribution in [3.8, 4) is 0 Å². The Balaban J connectivity index is 1.41. The summed E-state index contributed by atoms with van der Waals surface area (Å²) in [5.74, 6) is -2.28. The molecule has 19 nitrogen and oxygen atoms in total. The molecule has 0 spiro atoms. The molecular weight excluding hydrogens is 778 g/mol. The Kier molecular flexibility index (Phi) is 17.5. The zero-order valence-corrected chi connectivity index (χ0v) is 34.4. The van der Waals surface area contributed by atoms with Crippen LogP contribution in [0.2, 0.25) is 0 Å². The van der Waals surface area contributed by atoms with Crippen molar-refractivity contribution in [3.05, 3.63) is 0 Å². The number of aliphatic hydroxyl groups excluding tert-OH is 13. The molecule has 0 unspecified atom stereocenters. The van der Waals surface area contributed by atoms with Crippen molar-refractivity contribution in [1.82, 2.24) is 15.5 Å². The Morgan fingerprint density at radius 1 is 0.712 bits per heavy atom. The lowest BCUT2D eigenvalue weighted by molar-refractivity contribution is -0.207. The molecule has 59 heavy (non-hydrogen) atoms. The number of carbonyl (C=O) groups excluding carboxylic acids is 3. The maximum atomic E-state index is 13.8. The van der Waals surface area contributed by atoms with Crippen LogP contribution in [-0.4, -0.2) is 196 Å². The number of hydrogen-bond donors (Lipinski definition) is 15. The summed E-state index contributed by atoms with van der Waals surface area (Å²) in [6, 6.07) is 0. The molecule has 19 atom stereocenters. The molecule has 0 aliphatic heterocycles. The van der Waals surface area contributed by atoms with Gasteiger partial charge in [0, 0.05) is 32.6 Å². The standard InChI is InChI=1S/C40H71N3O16/c1-19(22-5-6-23-30-24(16-28(50)40(22,23)3)39(2)9-8-21(46)14-20(39)15-25(30)47)4-7-29(51)43(12-10-41-37(58)35(56)33(54)31(52)26(48)17-44)13-11-42-38(59)36(57)34(55)32(53)27(49)18-45/h19-28,30-36,44-50,52-57H,4-18H2,1-3H3,(H,41,58)(H,42,59)/t19-,20+,21-,22-,23+,24+,25-,26-,27-,28+,30+,31-,32-,33-,34-,35-,36-,39+,40-/m1/s1. The second-order valence-electron chi connectivity index (χ2n) is 18.4. The molecule has 4 fully saturated rings. The van der Waals surface area contributed by atoms with E-state index in [4.69, 9.17) is 10.2 Å². The van der Waals surface area contributed by atoms with Gasteiger partial charge in [-0.15, -0.1) is 0 Å². The Morgan fingerprint density at radius 2 is 1.24 bits per heavy atom. The Bertz CT molecular complexity index is 1350. The molecule has 4 aliphatic rings. The quantitative estimate of drug-likeness (QED) is 0.0547. The predicted molar refractivity (Wildman–Crippen MR) is 207 cm³/mol. The number of carbonyl (C=O) groups is 3. The number of nitrogens with one attached hydrogen (secondary N) is 2. The molecule has 0 saturated heterocycles. The molecule has 0 radical (unpaired) electrons. The van der Waals surface area contributed by atoms with Crippen LogP contribution < -0.4 is 10.6 Å². The van der Waals surface area contributed by atoms with Gasteiger partial charge in [0.05, 0.1) is 31.5 Å².